The van der Waals surface area contributed by atoms with Gasteiger partial charge in [0.15, 0.2) is 21.3 Å². The van der Waals surface area contributed by atoms with Crippen molar-refractivity contribution in [2.45, 2.75) is 40.9 Å². The summed E-state index contributed by atoms with van der Waals surface area (Å²) in [5.74, 6) is -2.45. The van der Waals surface area contributed by atoms with Gasteiger partial charge in [0, 0.05) is 5.56 Å². The van der Waals surface area contributed by atoms with Crippen molar-refractivity contribution in [2.24, 2.45) is 0 Å². The second-order valence-electron chi connectivity index (χ2n) is 9.02. The lowest BCUT2D eigenvalue weighted by molar-refractivity contribution is -0.152. The summed E-state index contributed by atoms with van der Waals surface area (Å²) in [5, 5.41) is 24.1. The molecule has 2 aliphatic heterocycles. The van der Waals surface area contributed by atoms with Crippen LogP contribution in [-0.2, 0) is 35.8 Å². The van der Waals surface area contributed by atoms with Crippen LogP contribution in [0.2, 0.25) is 0 Å². The number of carbonyl (C=O) groups is 2. The van der Waals surface area contributed by atoms with Crippen LogP contribution in [0.4, 0.5) is 0 Å². The number of β-lactam (4-membered cyclic amide) rings is 1. The summed E-state index contributed by atoms with van der Waals surface area (Å²) in [4.78, 5) is 25.2. The topological polar surface area (TPSA) is 182 Å². The van der Waals surface area contributed by atoms with Crippen LogP contribution in [0.15, 0.2) is 46.4 Å². The molecule has 2 atom stereocenters. The summed E-state index contributed by atoms with van der Waals surface area (Å²) >= 11 is 0.957. The molecule has 1 amide bonds. The minimum atomic E-state index is -4.02. The van der Waals surface area contributed by atoms with Gasteiger partial charge in [-0.05, 0) is 19.9 Å². The van der Waals surface area contributed by atoms with Gasteiger partial charge in [0.25, 0.3) is 5.91 Å². The van der Waals surface area contributed by atoms with Gasteiger partial charge in [-0.2, -0.15) is 0 Å². The molecule has 5 rings (SSSR count). The van der Waals surface area contributed by atoms with Crippen molar-refractivity contribution >= 4 is 49.0 Å². The molecule has 0 aliphatic carbocycles. The molecule has 4 heterocycles. The number of hydrogen-bond acceptors (Lipinski definition) is 11. The third-order valence-electron chi connectivity index (χ3n) is 6.34. The highest BCUT2D eigenvalue weighted by atomic mass is 32.2. The maximum atomic E-state index is 13.0. The predicted octanol–water partition coefficient (Wildman–Crippen LogP) is 0.482. The van der Waals surface area contributed by atoms with Gasteiger partial charge in [-0.25, -0.2) is 21.6 Å². The second-order valence-corrected chi connectivity index (χ2v) is 14.9. The van der Waals surface area contributed by atoms with Crippen molar-refractivity contribution in [2.75, 3.05) is 5.75 Å². The fourth-order valence-electron chi connectivity index (χ4n) is 4.32. The van der Waals surface area contributed by atoms with E-state index in [4.69, 9.17) is 0 Å². The zero-order chi connectivity index (χ0) is 26.8. The summed E-state index contributed by atoms with van der Waals surface area (Å²) in [6, 6.07) is 7.55. The normalized spacial score (nSPS) is 23.1. The van der Waals surface area contributed by atoms with E-state index < -0.39 is 47.7 Å². The lowest BCUT2D eigenvalue weighted by atomic mass is 9.95. The predicted molar refractivity (Wildman–Crippen MR) is 130 cm³/mol. The first-order valence-electron chi connectivity index (χ1n) is 10.9. The van der Waals surface area contributed by atoms with Gasteiger partial charge in [-0.3, -0.25) is 9.48 Å². The van der Waals surface area contributed by atoms with E-state index in [-0.39, 0.29) is 27.9 Å². The van der Waals surface area contributed by atoms with E-state index in [0.29, 0.717) is 5.01 Å². The van der Waals surface area contributed by atoms with Gasteiger partial charge in [-0.1, -0.05) is 46.9 Å². The molecular weight excluding hydrogens is 544 g/mol. The number of aryl methyl sites for hydroxylation is 1. The summed E-state index contributed by atoms with van der Waals surface area (Å²) in [7, 11) is -7.79. The number of fused-ring (bicyclic) bond motifs is 1. The molecule has 2 saturated heterocycles. The fraction of sp³-hybridized carbons (Fsp3) is 0.333. The number of carbonyl (C=O) groups excluding carboxylic acids is 1. The average Bonchev–Trinajstić information content (AvgIpc) is 3.54. The molecule has 2 aliphatic rings. The maximum absolute atomic E-state index is 13.0. The molecule has 16 heteroatoms. The second kappa shape index (κ2) is 8.53. The molecule has 1 aromatic carbocycles. The van der Waals surface area contributed by atoms with Gasteiger partial charge in [0.2, 0.25) is 14.2 Å². The first-order chi connectivity index (χ1) is 17.3. The average molecular weight is 565 g/mol. The number of nitrogens with zero attached hydrogens (tertiary/aromatic N) is 6. The third-order valence-corrected chi connectivity index (χ3v) is 12.2. The quantitative estimate of drug-likeness (QED) is 0.311. The number of sulfone groups is 2. The summed E-state index contributed by atoms with van der Waals surface area (Å²) in [5.41, 5.74) is 0.773. The highest BCUT2D eigenvalue weighted by Crippen LogP contribution is 2.48. The number of aromatic nitrogens is 5. The zero-order valence-corrected chi connectivity index (χ0v) is 21.9. The number of aliphatic carboxylic acids is 1. The molecule has 2 fully saturated rings. The molecular formula is C21H20N6O7S3. The smallest absolute Gasteiger partial charge is 0.328 e. The highest BCUT2D eigenvalue weighted by molar-refractivity contribution is 7.94. The Hall–Kier alpha value is -3.50. The number of rotatable bonds is 7. The van der Waals surface area contributed by atoms with Crippen molar-refractivity contribution < 1.29 is 31.5 Å². The van der Waals surface area contributed by atoms with Crippen LogP contribution in [0.1, 0.15) is 19.5 Å². The van der Waals surface area contributed by atoms with Crippen LogP contribution in [0.5, 0.6) is 0 Å². The lowest BCUT2D eigenvalue weighted by Crippen LogP contribution is -2.58. The first-order valence-corrected chi connectivity index (χ1v) is 14.9. The fourth-order valence-corrected chi connectivity index (χ4v) is 8.79. The molecule has 1 N–H and O–H groups in total. The molecule has 0 radical (unpaired) electrons. The van der Waals surface area contributed by atoms with Gasteiger partial charge in [-0.15, -0.1) is 15.3 Å². The van der Waals surface area contributed by atoms with Gasteiger partial charge < -0.3 is 10.0 Å². The number of amides is 1. The van der Waals surface area contributed by atoms with Crippen molar-refractivity contribution in [3.8, 4) is 10.6 Å². The molecule has 2 aromatic heterocycles. The first kappa shape index (κ1) is 25.2. The van der Waals surface area contributed by atoms with Crippen LogP contribution in [0.25, 0.3) is 16.6 Å². The van der Waals surface area contributed by atoms with Crippen molar-refractivity contribution in [3.63, 3.8) is 0 Å². The Morgan fingerprint density at radius 2 is 1.89 bits per heavy atom. The Bertz CT molecular complexity index is 1660. The number of benzene rings is 1. The Labute approximate surface area is 215 Å². The number of carboxylic acids is 1. The Morgan fingerprint density at radius 1 is 1.19 bits per heavy atom. The molecule has 0 spiro atoms. The summed E-state index contributed by atoms with van der Waals surface area (Å²) in [6.45, 7) is 2.48. The minimum absolute atomic E-state index is 0.0747. The molecule has 13 nitrogen and oxygen atoms in total. The van der Waals surface area contributed by atoms with E-state index >= 15 is 0 Å². The van der Waals surface area contributed by atoms with Crippen LogP contribution in [-0.4, -0.2) is 85.8 Å². The molecule has 0 unspecified atom stereocenters. The standard InChI is InChI=1S/C21H20N6O7S3/c1-21(2)15(19(29)30)27-17(28)14(18(27)37(21,33)34)10-13-11-26(25-22-13)8-9-36(31,32)20-24-23-16(35-20)12-6-4-3-5-7-12/h3-7,10-11,15,18H,8-9H2,1-2H3,(H,29,30)/b14-10+/t15-,18+/m0/s1. The van der Waals surface area contributed by atoms with Crippen LogP contribution in [0.3, 0.4) is 0 Å². The van der Waals surface area contributed by atoms with E-state index in [1.54, 1.807) is 12.1 Å². The van der Waals surface area contributed by atoms with Crippen molar-refractivity contribution in [3.05, 3.63) is 47.8 Å². The van der Waals surface area contributed by atoms with Crippen LogP contribution < -0.4 is 0 Å². The monoisotopic (exact) mass is 564 g/mol. The maximum Gasteiger partial charge on any atom is 0.328 e. The van der Waals surface area contributed by atoms with Crippen molar-refractivity contribution in [1.29, 1.82) is 0 Å². The Balaban J connectivity index is 1.31. The Kier molecular flexibility index (Phi) is 5.80. The van der Waals surface area contributed by atoms with Crippen LogP contribution >= 0.6 is 11.3 Å². The molecule has 0 saturated carbocycles. The number of hydrogen-bond donors (Lipinski definition) is 1. The van der Waals surface area contributed by atoms with Crippen molar-refractivity contribution in [1.82, 2.24) is 30.1 Å². The van der Waals surface area contributed by atoms with Gasteiger partial charge in [0.1, 0.15) is 15.4 Å². The minimum Gasteiger partial charge on any atom is -0.480 e. The number of carboxylic acid groups (broad SMARTS) is 1. The summed E-state index contributed by atoms with van der Waals surface area (Å²) < 4.78 is 50.9. The SMILES string of the molecule is CC1(C)[C@H](C(=O)O)N2C(=O)/C(=C\c3cn(CCS(=O)(=O)c4nnc(-c5ccccc5)s4)nn3)[C@H]2S1(=O)=O. The van der Waals surface area contributed by atoms with E-state index in [1.807, 2.05) is 18.2 Å². The molecule has 3 aromatic rings. The van der Waals surface area contributed by atoms with Crippen LogP contribution in [0, 0.1) is 0 Å². The van der Waals surface area contributed by atoms with Gasteiger partial charge in [0.05, 0.1) is 24.1 Å². The van der Waals surface area contributed by atoms with Gasteiger partial charge >= 0.3 is 5.97 Å². The third kappa shape index (κ3) is 3.95. The van der Waals surface area contributed by atoms with E-state index in [2.05, 4.69) is 20.5 Å². The zero-order valence-electron chi connectivity index (χ0n) is 19.4. The Morgan fingerprint density at radius 3 is 2.57 bits per heavy atom. The molecule has 0 bridgehead atoms. The van der Waals surface area contributed by atoms with E-state index in [1.165, 1.54) is 30.8 Å². The molecule has 37 heavy (non-hydrogen) atoms. The largest absolute Gasteiger partial charge is 0.480 e. The lowest BCUT2D eigenvalue weighted by Gasteiger charge is -2.37. The highest BCUT2D eigenvalue weighted by Gasteiger charge is 2.70. The summed E-state index contributed by atoms with van der Waals surface area (Å²) in [6.07, 6.45) is 2.60. The molecule has 194 valence electrons. The van der Waals surface area contributed by atoms with E-state index in [0.717, 1.165) is 21.8 Å². The van der Waals surface area contributed by atoms with E-state index in [9.17, 15) is 31.5 Å².